The molecule has 0 aliphatic heterocycles. The van der Waals surface area contributed by atoms with E-state index in [1.54, 1.807) is 0 Å². The molecular formula is C9H4N3. The summed E-state index contributed by atoms with van der Waals surface area (Å²) in [6.07, 6.45) is 4.52. The Morgan fingerprint density at radius 3 is 2.25 bits per heavy atom. The van der Waals surface area contributed by atoms with Gasteiger partial charge in [0.25, 0.3) is 0 Å². The molecule has 1 rings (SSSR count). The normalized spacial score (nSPS) is 20.9. The summed E-state index contributed by atoms with van der Waals surface area (Å²) in [5.41, 5.74) is 0.751. The second-order valence-corrected chi connectivity index (χ2v) is 2.27. The summed E-state index contributed by atoms with van der Waals surface area (Å²) in [5, 5.41) is 25.6. The first-order valence-electron chi connectivity index (χ1n) is 3.28. The van der Waals surface area contributed by atoms with E-state index in [0.717, 1.165) is 0 Å². The van der Waals surface area contributed by atoms with Crippen molar-refractivity contribution in [2.24, 2.45) is 5.92 Å². The van der Waals surface area contributed by atoms with Gasteiger partial charge in [-0.25, -0.2) is 0 Å². The lowest BCUT2D eigenvalue weighted by Gasteiger charge is -2.07. The fourth-order valence-corrected chi connectivity index (χ4v) is 0.912. The predicted octanol–water partition coefficient (Wildman–Crippen LogP) is 1.24. The highest BCUT2D eigenvalue weighted by molar-refractivity contribution is 5.49. The van der Waals surface area contributed by atoms with Crippen LogP contribution in [0.15, 0.2) is 23.3 Å². The quantitative estimate of drug-likeness (QED) is 0.527. The Kier molecular flexibility index (Phi) is 2.26. The number of hydrogen-bond donors (Lipinski definition) is 0. The largest absolute Gasteiger partial charge is 0.198 e. The molecule has 0 N–H and O–H groups in total. The van der Waals surface area contributed by atoms with Gasteiger partial charge < -0.3 is 0 Å². The van der Waals surface area contributed by atoms with Crippen LogP contribution in [0.4, 0.5) is 0 Å². The molecule has 0 heterocycles. The Labute approximate surface area is 70.5 Å². The van der Waals surface area contributed by atoms with Gasteiger partial charge in [0.2, 0.25) is 0 Å². The minimum atomic E-state index is -0.445. The maximum atomic E-state index is 8.55. The van der Waals surface area contributed by atoms with Crippen molar-refractivity contribution < 1.29 is 0 Å². The third kappa shape index (κ3) is 1.51. The van der Waals surface area contributed by atoms with Gasteiger partial charge >= 0.3 is 0 Å². The van der Waals surface area contributed by atoms with E-state index < -0.39 is 5.92 Å². The predicted molar refractivity (Wildman–Crippen MR) is 40.8 cm³/mol. The van der Waals surface area contributed by atoms with E-state index in [1.165, 1.54) is 18.6 Å². The van der Waals surface area contributed by atoms with Crippen LogP contribution in [0.25, 0.3) is 0 Å². The van der Waals surface area contributed by atoms with Crippen LogP contribution in [0.2, 0.25) is 0 Å². The Morgan fingerprint density at radius 1 is 1.08 bits per heavy atom. The average molecular weight is 154 g/mol. The van der Waals surface area contributed by atoms with Crippen LogP contribution < -0.4 is 0 Å². The lowest BCUT2D eigenvalue weighted by molar-refractivity contribution is 0.976. The van der Waals surface area contributed by atoms with E-state index >= 15 is 0 Å². The Bertz CT molecular complexity index is 368. The molecule has 0 saturated carbocycles. The van der Waals surface area contributed by atoms with Crippen molar-refractivity contribution in [2.75, 3.05) is 0 Å². The van der Waals surface area contributed by atoms with Gasteiger partial charge in [0.1, 0.15) is 0 Å². The Hall–Kier alpha value is -2.05. The molecule has 0 saturated heterocycles. The Balaban J connectivity index is 2.98. The topological polar surface area (TPSA) is 71.4 Å². The average Bonchev–Trinajstić information content (AvgIpc) is 2.16. The number of nitriles is 3. The third-order valence-electron chi connectivity index (χ3n) is 1.44. The smallest absolute Gasteiger partial charge is 0.0989 e. The molecule has 3 heteroatoms. The van der Waals surface area contributed by atoms with Crippen molar-refractivity contribution in [3.8, 4) is 18.2 Å². The molecule has 0 aromatic carbocycles. The molecule has 1 aliphatic carbocycles. The Morgan fingerprint density at radius 2 is 1.75 bits per heavy atom. The highest BCUT2D eigenvalue weighted by Crippen LogP contribution is 2.19. The lowest BCUT2D eigenvalue weighted by Crippen LogP contribution is -2.02. The first-order valence-corrected chi connectivity index (χ1v) is 3.28. The van der Waals surface area contributed by atoms with Crippen LogP contribution in [-0.2, 0) is 0 Å². The van der Waals surface area contributed by atoms with E-state index in [1.807, 2.05) is 18.2 Å². The van der Waals surface area contributed by atoms with E-state index in [0.29, 0.717) is 11.1 Å². The summed E-state index contributed by atoms with van der Waals surface area (Å²) in [6, 6.07) is 5.75. The molecule has 0 aromatic heterocycles. The maximum Gasteiger partial charge on any atom is 0.0989 e. The number of rotatable bonds is 0. The van der Waals surface area contributed by atoms with Crippen molar-refractivity contribution in [1.82, 2.24) is 0 Å². The SMILES string of the molecule is N#CC1=CC(C#N)=C[C@@H](C#N)[CH]1. The minimum absolute atomic E-state index is 0.376. The monoisotopic (exact) mass is 154 g/mol. The zero-order valence-electron chi connectivity index (χ0n) is 6.15. The fraction of sp³-hybridized carbons (Fsp3) is 0.111. The van der Waals surface area contributed by atoms with Crippen molar-refractivity contribution in [3.63, 3.8) is 0 Å². The van der Waals surface area contributed by atoms with Gasteiger partial charge in [-0.1, -0.05) is 0 Å². The zero-order chi connectivity index (χ0) is 8.97. The van der Waals surface area contributed by atoms with E-state index in [2.05, 4.69) is 0 Å². The first kappa shape index (κ1) is 8.05. The molecule has 12 heavy (non-hydrogen) atoms. The molecule has 0 unspecified atom stereocenters. The third-order valence-corrected chi connectivity index (χ3v) is 1.44. The van der Waals surface area contributed by atoms with E-state index in [9.17, 15) is 0 Å². The lowest BCUT2D eigenvalue weighted by atomic mass is 9.92. The van der Waals surface area contributed by atoms with Crippen LogP contribution >= 0.6 is 0 Å². The summed E-state index contributed by atoms with van der Waals surface area (Å²) in [6.45, 7) is 0. The number of allylic oxidation sites excluding steroid dienone is 4. The summed E-state index contributed by atoms with van der Waals surface area (Å²) in [4.78, 5) is 0. The molecule has 0 amide bonds. The highest BCUT2D eigenvalue weighted by atomic mass is 14.3. The molecule has 0 fully saturated rings. The van der Waals surface area contributed by atoms with E-state index in [4.69, 9.17) is 15.8 Å². The van der Waals surface area contributed by atoms with E-state index in [-0.39, 0.29) is 0 Å². The summed E-state index contributed by atoms with van der Waals surface area (Å²) < 4.78 is 0. The zero-order valence-corrected chi connectivity index (χ0v) is 6.15. The molecule has 0 spiro atoms. The molecular weight excluding hydrogens is 150 g/mol. The first-order chi connectivity index (χ1) is 5.80. The van der Waals surface area contributed by atoms with Crippen molar-refractivity contribution in [1.29, 1.82) is 15.8 Å². The molecule has 1 radical (unpaired) electrons. The van der Waals surface area contributed by atoms with Gasteiger partial charge in [-0.3, -0.25) is 0 Å². The molecule has 0 aromatic rings. The summed E-state index contributed by atoms with van der Waals surface area (Å²) in [7, 11) is 0. The van der Waals surface area contributed by atoms with Gasteiger partial charge in [-0.2, -0.15) is 15.8 Å². The van der Waals surface area contributed by atoms with Crippen molar-refractivity contribution in [2.45, 2.75) is 0 Å². The molecule has 1 atom stereocenters. The van der Waals surface area contributed by atoms with Gasteiger partial charge in [0.05, 0.1) is 29.7 Å². The number of nitrogens with zero attached hydrogens (tertiary/aromatic N) is 3. The van der Waals surface area contributed by atoms with Gasteiger partial charge in [0.15, 0.2) is 0 Å². The van der Waals surface area contributed by atoms with Crippen molar-refractivity contribution >= 4 is 0 Å². The van der Waals surface area contributed by atoms with Crippen LogP contribution in [0.3, 0.4) is 0 Å². The minimum Gasteiger partial charge on any atom is -0.198 e. The second kappa shape index (κ2) is 3.37. The van der Waals surface area contributed by atoms with Gasteiger partial charge in [0, 0.05) is 12.0 Å². The molecule has 0 bridgehead atoms. The highest BCUT2D eigenvalue weighted by Gasteiger charge is 2.14. The maximum absolute atomic E-state index is 8.55. The van der Waals surface area contributed by atoms with Crippen LogP contribution in [-0.4, -0.2) is 0 Å². The summed E-state index contributed by atoms with van der Waals surface area (Å²) in [5.74, 6) is -0.445. The fourth-order valence-electron chi connectivity index (χ4n) is 0.912. The van der Waals surface area contributed by atoms with Gasteiger partial charge in [-0.05, 0) is 12.2 Å². The molecule has 3 nitrogen and oxygen atoms in total. The molecule has 55 valence electrons. The number of hydrogen-bond acceptors (Lipinski definition) is 3. The van der Waals surface area contributed by atoms with Crippen LogP contribution in [0.1, 0.15) is 0 Å². The standard InChI is InChI=1S/C9H4N3/c10-4-7-1-8(5-11)3-9(2-7)6-12/h1-3,7H. The molecule has 1 aliphatic rings. The van der Waals surface area contributed by atoms with Crippen molar-refractivity contribution in [3.05, 3.63) is 29.7 Å². The van der Waals surface area contributed by atoms with Crippen LogP contribution in [0.5, 0.6) is 0 Å². The van der Waals surface area contributed by atoms with Crippen LogP contribution in [0, 0.1) is 46.3 Å². The second-order valence-electron chi connectivity index (χ2n) is 2.27. The summed E-state index contributed by atoms with van der Waals surface area (Å²) >= 11 is 0. The van der Waals surface area contributed by atoms with Gasteiger partial charge in [-0.15, -0.1) is 0 Å².